The van der Waals surface area contributed by atoms with Crippen LogP contribution in [0, 0.1) is 10.1 Å². The van der Waals surface area contributed by atoms with Crippen LogP contribution in [-0.4, -0.2) is 26.0 Å². The SMILES string of the molecule is O=C(NNS(=O)(=O)c1ccc(Cl)c([N+](=O)[O-])c1)c1ccc2c(c1)OCO2. The normalized spacial score (nSPS) is 12.7. The highest BCUT2D eigenvalue weighted by Crippen LogP contribution is 2.32. The lowest BCUT2D eigenvalue weighted by Gasteiger charge is -2.09. The Hall–Kier alpha value is -2.89. The number of hydrogen-bond donors (Lipinski definition) is 2. The Labute approximate surface area is 151 Å². The fourth-order valence-electron chi connectivity index (χ4n) is 2.08. The molecule has 0 spiro atoms. The molecule has 1 aliphatic heterocycles. The van der Waals surface area contributed by atoms with Gasteiger partial charge in [-0.3, -0.25) is 20.3 Å². The van der Waals surface area contributed by atoms with Crippen molar-refractivity contribution in [1.29, 1.82) is 0 Å². The number of nitrogens with one attached hydrogen (secondary N) is 2. The molecule has 0 unspecified atom stereocenters. The van der Waals surface area contributed by atoms with E-state index in [0.717, 1.165) is 18.2 Å². The minimum Gasteiger partial charge on any atom is -0.454 e. The highest BCUT2D eigenvalue weighted by atomic mass is 35.5. The number of nitro benzene ring substituents is 1. The van der Waals surface area contributed by atoms with Crippen molar-refractivity contribution in [3.05, 3.63) is 57.1 Å². The Bertz CT molecular complexity index is 1010. The summed E-state index contributed by atoms with van der Waals surface area (Å²) in [6.07, 6.45) is 0. The van der Waals surface area contributed by atoms with Crippen LogP contribution in [0.5, 0.6) is 11.5 Å². The Morgan fingerprint density at radius 2 is 1.88 bits per heavy atom. The van der Waals surface area contributed by atoms with E-state index in [1.807, 2.05) is 10.3 Å². The third-order valence-corrected chi connectivity index (χ3v) is 4.92. The third kappa shape index (κ3) is 3.54. The van der Waals surface area contributed by atoms with E-state index in [0.29, 0.717) is 11.5 Å². The van der Waals surface area contributed by atoms with Gasteiger partial charge in [-0.05, 0) is 30.3 Å². The number of benzene rings is 2. The minimum absolute atomic E-state index is 0.0301. The summed E-state index contributed by atoms with van der Waals surface area (Å²) in [5.74, 6) is 0.0692. The summed E-state index contributed by atoms with van der Waals surface area (Å²) in [6, 6.07) is 7.26. The number of hydrogen-bond acceptors (Lipinski definition) is 7. The zero-order valence-electron chi connectivity index (χ0n) is 12.8. The molecule has 3 rings (SSSR count). The monoisotopic (exact) mass is 399 g/mol. The van der Waals surface area contributed by atoms with Gasteiger partial charge in [0.05, 0.1) is 9.82 Å². The van der Waals surface area contributed by atoms with Crippen LogP contribution in [0.1, 0.15) is 10.4 Å². The minimum atomic E-state index is -4.25. The first-order valence-electron chi connectivity index (χ1n) is 6.94. The van der Waals surface area contributed by atoms with Crippen molar-refractivity contribution in [1.82, 2.24) is 10.3 Å². The second kappa shape index (κ2) is 6.78. The number of nitrogens with zero attached hydrogens (tertiary/aromatic N) is 1. The Morgan fingerprint density at radius 3 is 2.62 bits per heavy atom. The lowest BCUT2D eigenvalue weighted by molar-refractivity contribution is -0.384. The average Bonchev–Trinajstić information content (AvgIpc) is 3.07. The molecule has 2 aromatic carbocycles. The molecule has 0 saturated carbocycles. The number of ether oxygens (including phenoxy) is 2. The first kappa shape index (κ1) is 17.9. The van der Waals surface area contributed by atoms with Crippen molar-refractivity contribution in [3.8, 4) is 11.5 Å². The van der Waals surface area contributed by atoms with E-state index >= 15 is 0 Å². The van der Waals surface area contributed by atoms with Gasteiger partial charge in [0.2, 0.25) is 6.79 Å². The number of rotatable bonds is 5. The molecule has 0 atom stereocenters. The Morgan fingerprint density at radius 1 is 1.15 bits per heavy atom. The van der Waals surface area contributed by atoms with Crippen LogP contribution in [0.4, 0.5) is 5.69 Å². The topological polar surface area (TPSA) is 137 Å². The van der Waals surface area contributed by atoms with Gasteiger partial charge < -0.3 is 9.47 Å². The Kier molecular flexibility index (Phi) is 4.68. The highest BCUT2D eigenvalue weighted by molar-refractivity contribution is 7.89. The molecule has 0 radical (unpaired) electrons. The molecule has 0 saturated heterocycles. The summed E-state index contributed by atoms with van der Waals surface area (Å²) in [5, 5.41) is 10.6. The maximum Gasteiger partial charge on any atom is 0.289 e. The molecule has 1 aliphatic rings. The maximum absolute atomic E-state index is 12.2. The molecule has 0 aliphatic carbocycles. The standard InChI is InChI=1S/C14H10ClN3O7S/c15-10-3-2-9(6-11(10)18(20)21)26(22,23)17-16-14(19)8-1-4-12-13(5-8)25-7-24-12/h1-6,17H,7H2,(H,16,19). The highest BCUT2D eigenvalue weighted by Gasteiger charge is 2.22. The molecule has 1 heterocycles. The molecule has 2 aromatic rings. The van der Waals surface area contributed by atoms with Gasteiger partial charge in [-0.2, -0.15) is 0 Å². The lowest BCUT2D eigenvalue weighted by atomic mass is 10.2. The zero-order chi connectivity index (χ0) is 18.9. The maximum atomic E-state index is 12.2. The predicted octanol–water partition coefficient (Wildman–Crippen LogP) is 1.60. The number of amides is 1. The zero-order valence-corrected chi connectivity index (χ0v) is 14.3. The summed E-state index contributed by atoms with van der Waals surface area (Å²) in [5.41, 5.74) is 1.57. The van der Waals surface area contributed by atoms with E-state index in [9.17, 15) is 23.3 Å². The molecule has 26 heavy (non-hydrogen) atoms. The van der Waals surface area contributed by atoms with E-state index < -0.39 is 31.4 Å². The average molecular weight is 400 g/mol. The van der Waals surface area contributed by atoms with Crippen LogP contribution in [0.25, 0.3) is 0 Å². The van der Waals surface area contributed by atoms with Crippen molar-refractivity contribution >= 4 is 33.2 Å². The van der Waals surface area contributed by atoms with Gasteiger partial charge in [-0.15, -0.1) is 4.83 Å². The number of hydrazine groups is 1. The fraction of sp³-hybridized carbons (Fsp3) is 0.0714. The number of halogens is 1. The molecular weight excluding hydrogens is 390 g/mol. The van der Waals surface area contributed by atoms with Crippen molar-refractivity contribution in [2.45, 2.75) is 4.90 Å². The van der Waals surface area contributed by atoms with Gasteiger partial charge >= 0.3 is 0 Å². The van der Waals surface area contributed by atoms with Crippen molar-refractivity contribution in [3.63, 3.8) is 0 Å². The van der Waals surface area contributed by atoms with Crippen LogP contribution >= 0.6 is 11.6 Å². The van der Waals surface area contributed by atoms with Crippen LogP contribution in [-0.2, 0) is 10.0 Å². The summed E-state index contributed by atoms with van der Waals surface area (Å²) in [4.78, 5) is 23.6. The fourth-order valence-corrected chi connectivity index (χ4v) is 3.13. The summed E-state index contributed by atoms with van der Waals surface area (Å²) in [7, 11) is -4.25. The van der Waals surface area contributed by atoms with Gasteiger partial charge in [0, 0.05) is 11.6 Å². The van der Waals surface area contributed by atoms with Crippen LogP contribution in [0.2, 0.25) is 5.02 Å². The first-order valence-corrected chi connectivity index (χ1v) is 8.80. The van der Waals surface area contributed by atoms with Crippen molar-refractivity contribution < 1.29 is 27.6 Å². The molecular formula is C14H10ClN3O7S. The Balaban J connectivity index is 1.75. The van der Waals surface area contributed by atoms with E-state index in [2.05, 4.69) is 0 Å². The smallest absolute Gasteiger partial charge is 0.289 e. The summed E-state index contributed by atoms with van der Waals surface area (Å²) >= 11 is 5.65. The van der Waals surface area contributed by atoms with Crippen molar-refractivity contribution in [2.24, 2.45) is 0 Å². The number of carbonyl (C=O) groups excluding carboxylic acids is 1. The second-order valence-electron chi connectivity index (χ2n) is 5.00. The van der Waals surface area contributed by atoms with E-state index in [-0.39, 0.29) is 17.4 Å². The summed E-state index contributed by atoms with van der Waals surface area (Å²) in [6.45, 7) is 0.0301. The molecule has 0 fully saturated rings. The van der Waals surface area contributed by atoms with Gasteiger partial charge in [0.1, 0.15) is 5.02 Å². The van der Waals surface area contributed by atoms with Crippen LogP contribution in [0.15, 0.2) is 41.3 Å². The molecule has 0 aromatic heterocycles. The van der Waals surface area contributed by atoms with Gasteiger partial charge in [-0.1, -0.05) is 11.6 Å². The molecule has 136 valence electrons. The number of sulfonamides is 1. The number of fused-ring (bicyclic) bond motifs is 1. The predicted molar refractivity (Wildman–Crippen MR) is 88.5 cm³/mol. The second-order valence-corrected chi connectivity index (χ2v) is 7.09. The lowest BCUT2D eigenvalue weighted by Crippen LogP contribution is -2.41. The van der Waals surface area contributed by atoms with Crippen molar-refractivity contribution in [2.75, 3.05) is 6.79 Å². The largest absolute Gasteiger partial charge is 0.454 e. The van der Waals surface area contributed by atoms with E-state index in [4.69, 9.17) is 21.1 Å². The van der Waals surface area contributed by atoms with E-state index in [1.165, 1.54) is 18.2 Å². The van der Waals surface area contributed by atoms with Crippen LogP contribution in [0.3, 0.4) is 0 Å². The van der Waals surface area contributed by atoms with Gasteiger partial charge in [-0.25, -0.2) is 8.42 Å². The molecule has 2 N–H and O–H groups in total. The summed E-state index contributed by atoms with van der Waals surface area (Å²) < 4.78 is 34.7. The van der Waals surface area contributed by atoms with Gasteiger partial charge in [0.25, 0.3) is 21.6 Å². The first-order chi connectivity index (χ1) is 12.3. The third-order valence-electron chi connectivity index (χ3n) is 3.36. The quantitative estimate of drug-likeness (QED) is 0.575. The molecule has 10 nitrogen and oxygen atoms in total. The van der Waals surface area contributed by atoms with Gasteiger partial charge in [0.15, 0.2) is 11.5 Å². The van der Waals surface area contributed by atoms with Crippen LogP contribution < -0.4 is 19.7 Å². The van der Waals surface area contributed by atoms with E-state index in [1.54, 1.807) is 0 Å². The molecule has 0 bridgehead atoms. The number of nitro groups is 1. The molecule has 12 heteroatoms. The molecule has 1 amide bonds. The number of carbonyl (C=O) groups is 1.